The van der Waals surface area contributed by atoms with Gasteiger partial charge in [-0.1, -0.05) is 24.3 Å². The van der Waals surface area contributed by atoms with Gasteiger partial charge in [0, 0.05) is 23.8 Å². The number of nitrogens with one attached hydrogen (secondary N) is 1. The first-order valence-electron chi connectivity index (χ1n) is 6.37. The van der Waals surface area contributed by atoms with Gasteiger partial charge in [-0.05, 0) is 48.0 Å². The van der Waals surface area contributed by atoms with Crippen LogP contribution in [0.3, 0.4) is 0 Å². The summed E-state index contributed by atoms with van der Waals surface area (Å²) in [4.78, 5) is 9.78. The Morgan fingerprint density at radius 1 is 1.05 bits per heavy atom. The molecule has 0 aliphatic carbocycles. The second-order valence-electron chi connectivity index (χ2n) is 4.31. The van der Waals surface area contributed by atoms with E-state index in [1.807, 2.05) is 6.07 Å². The Bertz CT molecular complexity index is 581. The zero-order chi connectivity index (χ0) is 12.9. The maximum Gasteiger partial charge on any atom is 0.192 e. The van der Waals surface area contributed by atoms with Crippen LogP contribution in [0.15, 0.2) is 58.9 Å². The summed E-state index contributed by atoms with van der Waals surface area (Å²) in [5.41, 5.74) is 2.72. The molecule has 0 spiro atoms. The molecule has 1 N–H and O–H groups in total. The quantitative estimate of drug-likeness (QED) is 0.869. The molecule has 3 nitrogen and oxygen atoms in total. The molecule has 4 heteroatoms. The molecule has 0 bridgehead atoms. The van der Waals surface area contributed by atoms with Gasteiger partial charge in [0.15, 0.2) is 5.16 Å². The third kappa shape index (κ3) is 3.03. The first-order valence-corrected chi connectivity index (χ1v) is 7.19. The van der Waals surface area contributed by atoms with Crippen molar-refractivity contribution in [2.75, 3.05) is 13.1 Å². The predicted octanol–water partition coefficient (Wildman–Crippen LogP) is 3.00. The monoisotopic (exact) mass is 269 g/mol. The van der Waals surface area contributed by atoms with Gasteiger partial charge in [-0.15, -0.1) is 0 Å². The van der Waals surface area contributed by atoms with Crippen LogP contribution < -0.4 is 5.32 Å². The minimum absolute atomic E-state index is 0.796. The van der Waals surface area contributed by atoms with Gasteiger partial charge in [0.1, 0.15) is 0 Å². The molecule has 0 saturated heterocycles. The second kappa shape index (κ2) is 5.99. The van der Waals surface area contributed by atoms with Gasteiger partial charge in [0.2, 0.25) is 0 Å². The first kappa shape index (κ1) is 12.4. The SMILES string of the molecule is C1=C(c2ccccc2Sc2ncccn2)CCNC1. The lowest BCUT2D eigenvalue weighted by Gasteiger charge is -2.16. The van der Waals surface area contributed by atoms with Gasteiger partial charge in [-0.3, -0.25) is 0 Å². The van der Waals surface area contributed by atoms with E-state index in [4.69, 9.17) is 0 Å². The van der Waals surface area contributed by atoms with Crippen molar-refractivity contribution in [3.63, 3.8) is 0 Å². The van der Waals surface area contributed by atoms with Crippen LogP contribution in [0.4, 0.5) is 0 Å². The maximum absolute atomic E-state index is 4.28. The van der Waals surface area contributed by atoms with Crippen molar-refractivity contribution in [2.24, 2.45) is 0 Å². The minimum Gasteiger partial charge on any atom is -0.313 e. The summed E-state index contributed by atoms with van der Waals surface area (Å²) in [6.45, 7) is 2.00. The smallest absolute Gasteiger partial charge is 0.192 e. The summed E-state index contributed by atoms with van der Waals surface area (Å²) in [5.74, 6) is 0. The van der Waals surface area contributed by atoms with E-state index in [0.717, 1.165) is 24.7 Å². The lowest BCUT2D eigenvalue weighted by molar-refractivity contribution is 0.737. The summed E-state index contributed by atoms with van der Waals surface area (Å²) < 4.78 is 0. The molecule has 0 saturated carbocycles. The Hall–Kier alpha value is -1.65. The van der Waals surface area contributed by atoms with Crippen molar-refractivity contribution in [2.45, 2.75) is 16.5 Å². The highest BCUT2D eigenvalue weighted by Crippen LogP contribution is 2.33. The molecule has 3 rings (SSSR count). The molecule has 2 aromatic rings. The molecule has 2 heterocycles. The van der Waals surface area contributed by atoms with Gasteiger partial charge in [-0.2, -0.15) is 0 Å². The van der Waals surface area contributed by atoms with E-state index in [2.05, 4.69) is 45.6 Å². The van der Waals surface area contributed by atoms with Crippen molar-refractivity contribution in [3.05, 3.63) is 54.4 Å². The molecule has 1 aliphatic rings. The summed E-state index contributed by atoms with van der Waals surface area (Å²) >= 11 is 1.62. The van der Waals surface area contributed by atoms with E-state index in [-0.39, 0.29) is 0 Å². The van der Waals surface area contributed by atoms with E-state index in [1.54, 1.807) is 24.2 Å². The average molecular weight is 269 g/mol. The van der Waals surface area contributed by atoms with Crippen LogP contribution >= 0.6 is 11.8 Å². The van der Waals surface area contributed by atoms with Gasteiger partial charge in [-0.25, -0.2) is 9.97 Å². The lowest BCUT2D eigenvalue weighted by atomic mass is 10.0. The fraction of sp³-hybridized carbons (Fsp3) is 0.200. The first-order chi connectivity index (χ1) is 9.43. The minimum atomic E-state index is 0.796. The van der Waals surface area contributed by atoms with Gasteiger partial charge < -0.3 is 5.32 Å². The van der Waals surface area contributed by atoms with Crippen LogP contribution in [0.1, 0.15) is 12.0 Å². The second-order valence-corrected chi connectivity index (χ2v) is 5.32. The Morgan fingerprint density at radius 3 is 2.68 bits per heavy atom. The Labute approximate surface area is 117 Å². The molecule has 1 aromatic carbocycles. The molecule has 19 heavy (non-hydrogen) atoms. The van der Waals surface area contributed by atoms with E-state index >= 15 is 0 Å². The summed E-state index contributed by atoms with van der Waals surface area (Å²) in [6, 6.07) is 10.3. The van der Waals surface area contributed by atoms with Gasteiger partial charge >= 0.3 is 0 Å². The largest absolute Gasteiger partial charge is 0.313 e. The van der Waals surface area contributed by atoms with E-state index in [1.165, 1.54) is 16.0 Å². The zero-order valence-electron chi connectivity index (χ0n) is 10.5. The summed E-state index contributed by atoms with van der Waals surface area (Å²) in [7, 11) is 0. The van der Waals surface area contributed by atoms with E-state index in [9.17, 15) is 0 Å². The van der Waals surface area contributed by atoms with Gasteiger partial charge in [0.25, 0.3) is 0 Å². The summed E-state index contributed by atoms with van der Waals surface area (Å²) in [6.07, 6.45) is 6.91. The molecule has 0 fully saturated rings. The molecule has 0 atom stereocenters. The number of hydrogen-bond acceptors (Lipinski definition) is 4. The molecule has 1 aromatic heterocycles. The van der Waals surface area contributed by atoms with Crippen LogP contribution in [0.2, 0.25) is 0 Å². The number of hydrogen-bond donors (Lipinski definition) is 1. The number of aromatic nitrogens is 2. The molecule has 0 amide bonds. The zero-order valence-corrected chi connectivity index (χ0v) is 11.4. The number of nitrogens with zero attached hydrogens (tertiary/aromatic N) is 2. The Morgan fingerprint density at radius 2 is 1.89 bits per heavy atom. The van der Waals surface area contributed by atoms with E-state index in [0.29, 0.717) is 0 Å². The predicted molar refractivity (Wildman–Crippen MR) is 78.1 cm³/mol. The van der Waals surface area contributed by atoms with Crippen LogP contribution in [0.5, 0.6) is 0 Å². The number of rotatable bonds is 3. The standard InChI is InChI=1S/C15H15N3S/c1-2-5-14(19-15-17-8-3-9-18-15)13(4-1)12-6-10-16-11-7-12/h1-6,8-9,16H,7,10-11H2. The normalized spacial score (nSPS) is 15.1. The van der Waals surface area contributed by atoms with Crippen LogP contribution in [-0.2, 0) is 0 Å². The highest BCUT2D eigenvalue weighted by Gasteiger charge is 2.11. The molecule has 96 valence electrons. The average Bonchev–Trinajstić information content (AvgIpc) is 2.50. The van der Waals surface area contributed by atoms with Crippen molar-refractivity contribution < 1.29 is 0 Å². The third-order valence-electron chi connectivity index (χ3n) is 3.04. The number of benzene rings is 1. The maximum atomic E-state index is 4.28. The molecule has 0 radical (unpaired) electrons. The van der Waals surface area contributed by atoms with Gasteiger partial charge in [0.05, 0.1) is 0 Å². The fourth-order valence-electron chi connectivity index (χ4n) is 2.12. The van der Waals surface area contributed by atoms with Crippen molar-refractivity contribution in [3.8, 4) is 0 Å². The molecular formula is C15H15N3S. The van der Waals surface area contributed by atoms with Crippen molar-refractivity contribution in [1.82, 2.24) is 15.3 Å². The fourth-order valence-corrected chi connectivity index (χ4v) is 3.00. The highest BCUT2D eigenvalue weighted by molar-refractivity contribution is 7.99. The van der Waals surface area contributed by atoms with Crippen LogP contribution in [0.25, 0.3) is 5.57 Å². The molecule has 0 unspecified atom stereocenters. The van der Waals surface area contributed by atoms with Crippen LogP contribution in [0, 0.1) is 0 Å². The third-order valence-corrected chi connectivity index (χ3v) is 4.01. The topological polar surface area (TPSA) is 37.8 Å². The Balaban J connectivity index is 1.91. The summed E-state index contributed by atoms with van der Waals surface area (Å²) in [5, 5.41) is 4.14. The Kier molecular flexibility index (Phi) is 3.91. The lowest BCUT2D eigenvalue weighted by Crippen LogP contribution is -2.20. The van der Waals surface area contributed by atoms with E-state index < -0.39 is 0 Å². The molecule has 1 aliphatic heterocycles. The van der Waals surface area contributed by atoms with Crippen molar-refractivity contribution >= 4 is 17.3 Å². The highest BCUT2D eigenvalue weighted by atomic mass is 32.2. The van der Waals surface area contributed by atoms with Crippen LogP contribution in [-0.4, -0.2) is 23.1 Å². The van der Waals surface area contributed by atoms with Crippen molar-refractivity contribution in [1.29, 1.82) is 0 Å². The molecular weight excluding hydrogens is 254 g/mol.